The fraction of sp³-hybridized carbons (Fsp3) is 0.381. The highest BCUT2D eigenvalue weighted by molar-refractivity contribution is 7.89. The van der Waals surface area contributed by atoms with Crippen LogP contribution in [-0.2, 0) is 14.8 Å². The Hall–Kier alpha value is -1.93. The average Bonchev–Trinajstić information content (AvgIpc) is 2.71. The molecule has 1 atom stereocenters. The first-order chi connectivity index (χ1) is 13.7. The number of aryl methyl sites for hydroxylation is 2. The predicted molar refractivity (Wildman–Crippen MR) is 116 cm³/mol. The number of benzene rings is 2. The van der Waals surface area contributed by atoms with Crippen LogP contribution in [0, 0.1) is 13.8 Å². The highest BCUT2D eigenvalue weighted by Crippen LogP contribution is 2.21. The molecule has 1 N–H and O–H groups in total. The lowest BCUT2D eigenvalue weighted by Crippen LogP contribution is -2.53. The SMILES string of the molecule is Cc1ccc(S(=O)(=O)N2CCN([C@@H](C)C(=O)Nc3ccc(Cl)cc3)CC2)cc1C. The van der Waals surface area contributed by atoms with Crippen molar-refractivity contribution in [3.05, 3.63) is 58.6 Å². The van der Waals surface area contributed by atoms with E-state index in [2.05, 4.69) is 5.32 Å². The number of carbonyl (C=O) groups excluding carboxylic acids is 1. The zero-order valence-corrected chi connectivity index (χ0v) is 18.4. The van der Waals surface area contributed by atoms with Gasteiger partial charge in [-0.3, -0.25) is 9.69 Å². The molecule has 1 saturated heterocycles. The Bertz CT molecular complexity index is 985. The number of hydrogen-bond acceptors (Lipinski definition) is 4. The van der Waals surface area contributed by atoms with Crippen LogP contribution in [0.4, 0.5) is 5.69 Å². The second-order valence-corrected chi connectivity index (χ2v) is 9.73. The Morgan fingerprint density at radius 3 is 2.21 bits per heavy atom. The molecule has 1 fully saturated rings. The number of halogens is 1. The Labute approximate surface area is 177 Å². The maximum Gasteiger partial charge on any atom is 0.243 e. The standard InChI is InChI=1S/C21H26ClN3O3S/c1-15-4-9-20(14-16(15)2)29(27,28)25-12-10-24(11-13-25)17(3)21(26)23-19-7-5-18(22)6-8-19/h4-9,14,17H,10-13H2,1-3H3,(H,23,26)/t17-/m0/s1. The van der Waals surface area contributed by atoms with E-state index in [1.165, 1.54) is 4.31 Å². The molecule has 1 aliphatic rings. The van der Waals surface area contributed by atoms with Crippen molar-refractivity contribution in [1.82, 2.24) is 9.21 Å². The molecule has 0 spiro atoms. The van der Waals surface area contributed by atoms with E-state index in [1.54, 1.807) is 36.4 Å². The van der Waals surface area contributed by atoms with Gasteiger partial charge < -0.3 is 5.32 Å². The summed E-state index contributed by atoms with van der Waals surface area (Å²) in [5.74, 6) is -0.127. The van der Waals surface area contributed by atoms with Gasteiger partial charge in [0.15, 0.2) is 0 Å². The van der Waals surface area contributed by atoms with Gasteiger partial charge in [0.2, 0.25) is 15.9 Å². The second-order valence-electron chi connectivity index (χ2n) is 7.36. The summed E-state index contributed by atoms with van der Waals surface area (Å²) in [6.45, 7) is 7.41. The van der Waals surface area contributed by atoms with Crippen LogP contribution in [0.25, 0.3) is 0 Å². The molecule has 0 unspecified atom stereocenters. The van der Waals surface area contributed by atoms with Gasteiger partial charge in [0.05, 0.1) is 10.9 Å². The van der Waals surface area contributed by atoms with Crippen LogP contribution in [0.3, 0.4) is 0 Å². The van der Waals surface area contributed by atoms with E-state index in [4.69, 9.17) is 11.6 Å². The van der Waals surface area contributed by atoms with Gasteiger partial charge in [-0.1, -0.05) is 17.7 Å². The van der Waals surface area contributed by atoms with E-state index in [1.807, 2.05) is 31.7 Å². The molecule has 1 heterocycles. The summed E-state index contributed by atoms with van der Waals surface area (Å²) < 4.78 is 27.4. The van der Waals surface area contributed by atoms with Gasteiger partial charge in [0.1, 0.15) is 0 Å². The minimum absolute atomic E-state index is 0.127. The Morgan fingerprint density at radius 2 is 1.62 bits per heavy atom. The maximum atomic E-state index is 12.9. The minimum atomic E-state index is -3.53. The highest BCUT2D eigenvalue weighted by atomic mass is 35.5. The molecule has 156 valence electrons. The van der Waals surface area contributed by atoms with Crippen molar-refractivity contribution < 1.29 is 13.2 Å². The predicted octanol–water partition coefficient (Wildman–Crippen LogP) is 3.29. The number of nitrogens with zero attached hydrogens (tertiary/aromatic N) is 2. The third-order valence-corrected chi connectivity index (χ3v) is 7.57. The maximum absolute atomic E-state index is 12.9. The summed E-state index contributed by atoms with van der Waals surface area (Å²) in [5, 5.41) is 3.48. The topological polar surface area (TPSA) is 69.7 Å². The molecule has 2 aromatic carbocycles. The molecule has 8 heteroatoms. The van der Waals surface area contributed by atoms with Gasteiger partial charge in [-0.25, -0.2) is 8.42 Å². The summed E-state index contributed by atoms with van der Waals surface area (Å²) in [4.78, 5) is 14.9. The van der Waals surface area contributed by atoms with Crippen LogP contribution in [0.5, 0.6) is 0 Å². The van der Waals surface area contributed by atoms with Gasteiger partial charge in [-0.05, 0) is 68.3 Å². The molecule has 0 aromatic heterocycles. The lowest BCUT2D eigenvalue weighted by Gasteiger charge is -2.36. The fourth-order valence-corrected chi connectivity index (χ4v) is 4.93. The van der Waals surface area contributed by atoms with E-state index < -0.39 is 10.0 Å². The molecule has 0 saturated carbocycles. The third-order valence-electron chi connectivity index (χ3n) is 5.43. The molecular formula is C21H26ClN3O3S. The number of amides is 1. The molecule has 0 radical (unpaired) electrons. The van der Waals surface area contributed by atoms with E-state index in [0.717, 1.165) is 11.1 Å². The molecule has 2 aromatic rings. The van der Waals surface area contributed by atoms with Crippen LogP contribution in [0.2, 0.25) is 5.02 Å². The van der Waals surface area contributed by atoms with E-state index in [0.29, 0.717) is 41.8 Å². The molecule has 29 heavy (non-hydrogen) atoms. The summed E-state index contributed by atoms with van der Waals surface area (Å²) >= 11 is 5.87. The molecule has 0 bridgehead atoms. The fourth-order valence-electron chi connectivity index (χ4n) is 3.30. The van der Waals surface area contributed by atoms with Gasteiger partial charge >= 0.3 is 0 Å². The van der Waals surface area contributed by atoms with Gasteiger partial charge in [-0.15, -0.1) is 0 Å². The number of carbonyl (C=O) groups is 1. The van der Waals surface area contributed by atoms with Crippen LogP contribution < -0.4 is 5.32 Å². The molecule has 0 aliphatic carbocycles. The van der Waals surface area contributed by atoms with Crippen molar-refractivity contribution in [2.75, 3.05) is 31.5 Å². The number of nitrogens with one attached hydrogen (secondary N) is 1. The quantitative estimate of drug-likeness (QED) is 0.782. The van der Waals surface area contributed by atoms with Crippen LogP contribution in [-0.4, -0.2) is 55.8 Å². The Balaban J connectivity index is 1.61. The number of anilines is 1. The van der Waals surface area contributed by atoms with Crippen LogP contribution >= 0.6 is 11.6 Å². The minimum Gasteiger partial charge on any atom is -0.325 e. The molecule has 6 nitrogen and oxygen atoms in total. The highest BCUT2D eigenvalue weighted by Gasteiger charge is 2.32. The van der Waals surface area contributed by atoms with Crippen LogP contribution in [0.15, 0.2) is 47.4 Å². The molecule has 1 aliphatic heterocycles. The van der Waals surface area contributed by atoms with Crippen molar-refractivity contribution in [1.29, 1.82) is 0 Å². The molecule has 1 amide bonds. The van der Waals surface area contributed by atoms with E-state index in [-0.39, 0.29) is 11.9 Å². The monoisotopic (exact) mass is 435 g/mol. The van der Waals surface area contributed by atoms with E-state index in [9.17, 15) is 13.2 Å². The second kappa shape index (κ2) is 8.83. The lowest BCUT2D eigenvalue weighted by atomic mass is 10.1. The summed E-state index contributed by atoms with van der Waals surface area (Å²) in [6.07, 6.45) is 0. The largest absolute Gasteiger partial charge is 0.325 e. The normalized spacial score (nSPS) is 17.1. The van der Waals surface area contributed by atoms with Gasteiger partial charge in [-0.2, -0.15) is 4.31 Å². The number of sulfonamides is 1. The summed E-state index contributed by atoms with van der Waals surface area (Å²) in [6, 6.07) is 11.8. The zero-order valence-electron chi connectivity index (χ0n) is 16.9. The third kappa shape index (κ3) is 4.98. The van der Waals surface area contributed by atoms with Gasteiger partial charge in [0, 0.05) is 36.9 Å². The van der Waals surface area contributed by atoms with E-state index >= 15 is 0 Å². The van der Waals surface area contributed by atoms with Crippen molar-refractivity contribution in [2.45, 2.75) is 31.7 Å². The summed E-state index contributed by atoms with van der Waals surface area (Å²) in [5.41, 5.74) is 2.70. The summed E-state index contributed by atoms with van der Waals surface area (Å²) in [7, 11) is -3.53. The molecule has 3 rings (SSSR count). The number of hydrogen-bond donors (Lipinski definition) is 1. The first-order valence-corrected chi connectivity index (χ1v) is 11.4. The smallest absolute Gasteiger partial charge is 0.243 e. The first-order valence-electron chi connectivity index (χ1n) is 9.56. The lowest BCUT2D eigenvalue weighted by molar-refractivity contribution is -0.121. The zero-order chi connectivity index (χ0) is 21.2. The Kier molecular flexibility index (Phi) is 6.63. The van der Waals surface area contributed by atoms with Crippen molar-refractivity contribution in [3.63, 3.8) is 0 Å². The first kappa shape index (κ1) is 21.8. The average molecular weight is 436 g/mol. The van der Waals surface area contributed by atoms with Gasteiger partial charge in [0.25, 0.3) is 0 Å². The number of piperazine rings is 1. The van der Waals surface area contributed by atoms with Crippen molar-refractivity contribution in [2.24, 2.45) is 0 Å². The number of rotatable bonds is 5. The van der Waals surface area contributed by atoms with Crippen LogP contribution in [0.1, 0.15) is 18.1 Å². The molecular weight excluding hydrogens is 410 g/mol. The Morgan fingerprint density at radius 1 is 1.00 bits per heavy atom. The van der Waals surface area contributed by atoms with Crippen molar-refractivity contribution >= 4 is 33.2 Å². The van der Waals surface area contributed by atoms with Crippen molar-refractivity contribution in [3.8, 4) is 0 Å².